The van der Waals surface area contributed by atoms with Crippen LogP contribution in [-0.2, 0) is 4.79 Å². The lowest BCUT2D eigenvalue weighted by Gasteiger charge is -2.08. The molecule has 130 valence electrons. The molecule has 0 saturated heterocycles. The van der Waals surface area contributed by atoms with Crippen molar-refractivity contribution in [1.29, 1.82) is 0 Å². The van der Waals surface area contributed by atoms with Gasteiger partial charge in [0.1, 0.15) is 10.8 Å². The number of ketones is 1. The molecule has 0 bridgehead atoms. The minimum Gasteiger partial charge on any atom is -0.484 e. The number of nitrogens with one attached hydrogen (secondary N) is 1. The van der Waals surface area contributed by atoms with Gasteiger partial charge in [0.2, 0.25) is 0 Å². The normalized spacial score (nSPS) is 10.2. The lowest BCUT2D eigenvalue weighted by molar-refractivity contribution is -0.384. The maximum atomic E-state index is 11.9. The highest BCUT2D eigenvalue weighted by atomic mass is 35.5. The van der Waals surface area contributed by atoms with Crippen molar-refractivity contribution >= 4 is 34.7 Å². The van der Waals surface area contributed by atoms with Crippen molar-refractivity contribution in [3.05, 3.63) is 63.2 Å². The van der Waals surface area contributed by atoms with E-state index < -0.39 is 10.8 Å². The minimum absolute atomic E-state index is 0.0130. The second-order valence-electron chi connectivity index (χ2n) is 5.06. The summed E-state index contributed by atoms with van der Waals surface area (Å²) in [6, 6.07) is 10.4. The number of nitro benzene ring substituents is 1. The number of nitrogens with zero attached hydrogens (tertiary/aromatic N) is 1. The van der Waals surface area contributed by atoms with Gasteiger partial charge < -0.3 is 10.1 Å². The first kappa shape index (κ1) is 18.4. The summed E-state index contributed by atoms with van der Waals surface area (Å²) in [6.07, 6.45) is 0.413. The molecule has 7 nitrogen and oxygen atoms in total. The predicted octanol–water partition coefficient (Wildman–Crippen LogP) is 3.86. The van der Waals surface area contributed by atoms with Crippen LogP contribution in [0.2, 0.25) is 5.02 Å². The Bertz CT molecular complexity index is 805. The molecule has 8 heteroatoms. The van der Waals surface area contributed by atoms with E-state index in [4.69, 9.17) is 16.3 Å². The van der Waals surface area contributed by atoms with Crippen LogP contribution in [-0.4, -0.2) is 23.2 Å². The first-order valence-corrected chi connectivity index (χ1v) is 7.78. The van der Waals surface area contributed by atoms with Gasteiger partial charge >= 0.3 is 0 Å². The third kappa shape index (κ3) is 5.02. The van der Waals surface area contributed by atoms with E-state index in [0.717, 1.165) is 0 Å². The number of benzene rings is 2. The molecular formula is C17H15ClN2O5. The van der Waals surface area contributed by atoms with Crippen molar-refractivity contribution in [1.82, 2.24) is 0 Å². The van der Waals surface area contributed by atoms with E-state index in [9.17, 15) is 19.7 Å². The highest BCUT2D eigenvalue weighted by Gasteiger charge is 2.14. The first-order chi connectivity index (χ1) is 11.9. The molecular weight excluding hydrogens is 348 g/mol. The van der Waals surface area contributed by atoms with E-state index in [1.54, 1.807) is 31.2 Å². The van der Waals surface area contributed by atoms with Crippen LogP contribution >= 0.6 is 11.6 Å². The fraction of sp³-hybridized carbons (Fsp3) is 0.176. The topological polar surface area (TPSA) is 98.5 Å². The van der Waals surface area contributed by atoms with Gasteiger partial charge in [0.15, 0.2) is 12.4 Å². The number of Topliss-reactive ketones (excluding diaryl/α,β-unsaturated/α-hetero) is 1. The van der Waals surface area contributed by atoms with E-state index in [1.165, 1.54) is 18.2 Å². The van der Waals surface area contributed by atoms with Crippen molar-refractivity contribution in [3.63, 3.8) is 0 Å². The molecule has 2 aromatic carbocycles. The van der Waals surface area contributed by atoms with Crippen molar-refractivity contribution in [2.75, 3.05) is 11.9 Å². The van der Waals surface area contributed by atoms with Gasteiger partial charge in [-0.15, -0.1) is 0 Å². The number of hydrogen-bond donors (Lipinski definition) is 1. The van der Waals surface area contributed by atoms with Crippen LogP contribution in [0.15, 0.2) is 42.5 Å². The zero-order valence-corrected chi connectivity index (χ0v) is 14.1. The fourth-order valence-corrected chi connectivity index (χ4v) is 2.20. The number of rotatable bonds is 7. The third-order valence-corrected chi connectivity index (χ3v) is 3.61. The summed E-state index contributed by atoms with van der Waals surface area (Å²) in [5, 5.41) is 13.3. The lowest BCUT2D eigenvalue weighted by Crippen LogP contribution is -2.20. The summed E-state index contributed by atoms with van der Waals surface area (Å²) in [7, 11) is 0. The predicted molar refractivity (Wildman–Crippen MR) is 93.3 cm³/mol. The smallest absolute Gasteiger partial charge is 0.289 e. The van der Waals surface area contributed by atoms with Gasteiger partial charge in [0, 0.05) is 23.7 Å². The molecule has 25 heavy (non-hydrogen) atoms. The van der Waals surface area contributed by atoms with Gasteiger partial charge in [-0.1, -0.05) is 18.5 Å². The summed E-state index contributed by atoms with van der Waals surface area (Å²) >= 11 is 5.71. The number of anilines is 1. The van der Waals surface area contributed by atoms with Crippen LogP contribution in [0.1, 0.15) is 23.7 Å². The Labute approximate surface area is 148 Å². The van der Waals surface area contributed by atoms with Crippen molar-refractivity contribution in [2.45, 2.75) is 13.3 Å². The Morgan fingerprint density at radius 1 is 1.20 bits per heavy atom. The second kappa shape index (κ2) is 8.25. The molecule has 0 atom stereocenters. The van der Waals surface area contributed by atoms with Gasteiger partial charge in [-0.05, 0) is 36.4 Å². The Hall–Kier alpha value is -2.93. The second-order valence-corrected chi connectivity index (χ2v) is 5.47. The molecule has 0 aromatic heterocycles. The molecule has 2 rings (SSSR count). The van der Waals surface area contributed by atoms with Crippen molar-refractivity contribution < 1.29 is 19.2 Å². The van der Waals surface area contributed by atoms with Gasteiger partial charge in [-0.2, -0.15) is 0 Å². The number of carbonyl (C=O) groups excluding carboxylic acids is 2. The number of hydrogen-bond acceptors (Lipinski definition) is 5. The molecule has 0 aliphatic carbocycles. The fourth-order valence-electron chi connectivity index (χ4n) is 2.02. The molecule has 0 saturated carbocycles. The zero-order valence-electron chi connectivity index (χ0n) is 13.3. The van der Waals surface area contributed by atoms with Crippen LogP contribution in [0.3, 0.4) is 0 Å². The number of ether oxygens (including phenoxy) is 1. The summed E-state index contributed by atoms with van der Waals surface area (Å²) in [5.41, 5.74) is 0.526. The van der Waals surface area contributed by atoms with E-state index in [1.807, 2.05) is 0 Å². The Kier molecular flexibility index (Phi) is 6.08. The zero-order chi connectivity index (χ0) is 18.4. The molecule has 1 amide bonds. The van der Waals surface area contributed by atoms with E-state index >= 15 is 0 Å². The Morgan fingerprint density at radius 2 is 1.88 bits per heavy atom. The van der Waals surface area contributed by atoms with Gasteiger partial charge in [-0.25, -0.2) is 0 Å². The molecule has 2 aromatic rings. The standard InChI is InChI=1S/C17H15ClN2O5/c1-2-16(21)11-3-6-13(7-4-11)25-10-17(22)19-12-5-8-14(18)15(9-12)20(23)24/h3-9H,2,10H2,1H3,(H,19,22). The highest BCUT2D eigenvalue weighted by molar-refractivity contribution is 6.32. The molecule has 0 spiro atoms. The molecule has 0 unspecified atom stereocenters. The molecule has 0 aliphatic rings. The Balaban J connectivity index is 1.94. The summed E-state index contributed by atoms with van der Waals surface area (Å²) in [5.74, 6) is -0.0242. The maximum absolute atomic E-state index is 11.9. The van der Waals surface area contributed by atoms with E-state index in [0.29, 0.717) is 17.7 Å². The number of halogens is 1. The van der Waals surface area contributed by atoms with E-state index in [2.05, 4.69) is 5.32 Å². The molecule has 1 N–H and O–H groups in total. The molecule has 0 heterocycles. The van der Waals surface area contributed by atoms with Gasteiger partial charge in [0.05, 0.1) is 4.92 Å². The van der Waals surface area contributed by atoms with Crippen LogP contribution in [0.25, 0.3) is 0 Å². The number of carbonyl (C=O) groups is 2. The van der Waals surface area contributed by atoms with Crippen molar-refractivity contribution in [3.8, 4) is 5.75 Å². The summed E-state index contributed by atoms with van der Waals surface area (Å²) in [4.78, 5) is 33.6. The van der Waals surface area contributed by atoms with Crippen molar-refractivity contribution in [2.24, 2.45) is 0 Å². The molecule has 0 radical (unpaired) electrons. The monoisotopic (exact) mass is 362 g/mol. The average Bonchev–Trinajstić information content (AvgIpc) is 2.61. The van der Waals surface area contributed by atoms with Crippen LogP contribution in [0.5, 0.6) is 5.75 Å². The largest absolute Gasteiger partial charge is 0.484 e. The molecule has 0 aliphatic heterocycles. The summed E-state index contributed by atoms with van der Waals surface area (Å²) < 4.78 is 5.33. The molecule has 0 fully saturated rings. The number of amides is 1. The van der Waals surface area contributed by atoms with Gasteiger partial charge in [0.25, 0.3) is 11.6 Å². The SMILES string of the molecule is CCC(=O)c1ccc(OCC(=O)Nc2ccc(Cl)c([N+](=O)[O-])c2)cc1. The van der Waals surface area contributed by atoms with Crippen LogP contribution in [0, 0.1) is 10.1 Å². The van der Waals surface area contributed by atoms with Crippen LogP contribution < -0.4 is 10.1 Å². The average molecular weight is 363 g/mol. The number of nitro groups is 1. The van der Waals surface area contributed by atoms with Crippen LogP contribution in [0.4, 0.5) is 11.4 Å². The third-order valence-electron chi connectivity index (χ3n) is 3.29. The van der Waals surface area contributed by atoms with E-state index in [-0.39, 0.29) is 28.8 Å². The highest BCUT2D eigenvalue weighted by Crippen LogP contribution is 2.27. The van der Waals surface area contributed by atoms with Gasteiger partial charge in [-0.3, -0.25) is 19.7 Å². The quantitative estimate of drug-likeness (QED) is 0.458. The maximum Gasteiger partial charge on any atom is 0.289 e. The lowest BCUT2D eigenvalue weighted by atomic mass is 10.1. The summed E-state index contributed by atoms with van der Waals surface area (Å²) in [6.45, 7) is 1.50. The Morgan fingerprint density at radius 3 is 2.48 bits per heavy atom. The minimum atomic E-state index is -0.631. The first-order valence-electron chi connectivity index (χ1n) is 7.40.